The Balaban J connectivity index is 1.82. The topological polar surface area (TPSA) is 21.5 Å². The van der Waals surface area contributed by atoms with Gasteiger partial charge in [0.15, 0.2) is 0 Å². The summed E-state index contributed by atoms with van der Waals surface area (Å²) >= 11 is 0. The van der Waals surface area contributed by atoms with E-state index in [1.165, 1.54) is 51.6 Å². The number of likely N-dealkylation sites (tertiary alicyclic amines) is 1. The highest BCUT2D eigenvalue weighted by molar-refractivity contribution is 5.81. The van der Waals surface area contributed by atoms with Gasteiger partial charge in [0, 0.05) is 6.42 Å². The SMILES string of the molecule is O=C1CCCCC[C@@H]1C[NH+]1CCCCC1. The molecule has 2 aliphatic rings. The number of nitrogens with one attached hydrogen (secondary N) is 1. The number of quaternary nitrogens is 1. The van der Waals surface area contributed by atoms with Crippen LogP contribution in [0.25, 0.3) is 0 Å². The predicted molar refractivity (Wildman–Crippen MR) is 61.0 cm³/mol. The second kappa shape index (κ2) is 5.64. The average molecular weight is 210 g/mol. The first-order valence-corrected chi connectivity index (χ1v) is 6.72. The van der Waals surface area contributed by atoms with Crippen molar-refractivity contribution >= 4 is 5.78 Å². The molecule has 0 spiro atoms. The van der Waals surface area contributed by atoms with E-state index in [1.807, 2.05) is 0 Å². The van der Waals surface area contributed by atoms with E-state index < -0.39 is 0 Å². The van der Waals surface area contributed by atoms with Crippen molar-refractivity contribution in [3.05, 3.63) is 0 Å². The Morgan fingerprint density at radius 3 is 2.53 bits per heavy atom. The van der Waals surface area contributed by atoms with E-state index in [1.54, 1.807) is 4.90 Å². The molecule has 0 aromatic heterocycles. The fraction of sp³-hybridized carbons (Fsp3) is 0.923. The number of carbonyl (C=O) groups excluding carboxylic acids is 1. The van der Waals surface area contributed by atoms with Crippen molar-refractivity contribution in [2.45, 2.75) is 51.4 Å². The summed E-state index contributed by atoms with van der Waals surface area (Å²) in [6.07, 6.45) is 9.88. The zero-order chi connectivity index (χ0) is 10.5. The lowest BCUT2D eigenvalue weighted by molar-refractivity contribution is -0.907. The Morgan fingerprint density at radius 2 is 1.73 bits per heavy atom. The van der Waals surface area contributed by atoms with Gasteiger partial charge in [-0.1, -0.05) is 12.8 Å². The highest BCUT2D eigenvalue weighted by atomic mass is 16.1. The summed E-state index contributed by atoms with van der Waals surface area (Å²) in [5.41, 5.74) is 0. The second-order valence-electron chi connectivity index (χ2n) is 5.28. The minimum Gasteiger partial charge on any atom is -0.334 e. The summed E-state index contributed by atoms with van der Waals surface area (Å²) in [7, 11) is 0. The van der Waals surface area contributed by atoms with E-state index in [4.69, 9.17) is 0 Å². The van der Waals surface area contributed by atoms with Crippen LogP contribution >= 0.6 is 0 Å². The van der Waals surface area contributed by atoms with Gasteiger partial charge in [-0.15, -0.1) is 0 Å². The molecule has 1 heterocycles. The van der Waals surface area contributed by atoms with Crippen LogP contribution in [0.4, 0.5) is 0 Å². The molecule has 0 bridgehead atoms. The van der Waals surface area contributed by atoms with Crippen molar-refractivity contribution in [2.75, 3.05) is 19.6 Å². The van der Waals surface area contributed by atoms with E-state index in [0.29, 0.717) is 11.7 Å². The highest BCUT2D eigenvalue weighted by Crippen LogP contribution is 2.18. The minimum absolute atomic E-state index is 0.403. The van der Waals surface area contributed by atoms with Gasteiger partial charge in [-0.2, -0.15) is 0 Å². The van der Waals surface area contributed by atoms with Crippen molar-refractivity contribution in [1.82, 2.24) is 0 Å². The van der Waals surface area contributed by atoms with Crippen molar-refractivity contribution in [3.63, 3.8) is 0 Å². The molecule has 1 aliphatic carbocycles. The largest absolute Gasteiger partial charge is 0.334 e. The lowest BCUT2D eigenvalue weighted by Crippen LogP contribution is -3.13. The quantitative estimate of drug-likeness (QED) is 0.680. The maximum atomic E-state index is 11.9. The third kappa shape index (κ3) is 3.30. The Kier molecular flexibility index (Phi) is 4.18. The number of carbonyl (C=O) groups is 1. The monoisotopic (exact) mass is 210 g/mol. The molecule has 0 radical (unpaired) electrons. The van der Waals surface area contributed by atoms with E-state index in [0.717, 1.165) is 19.4 Å². The second-order valence-corrected chi connectivity index (χ2v) is 5.28. The maximum absolute atomic E-state index is 11.9. The highest BCUT2D eigenvalue weighted by Gasteiger charge is 2.26. The number of rotatable bonds is 2. The molecule has 2 heteroatoms. The van der Waals surface area contributed by atoms with Crippen molar-refractivity contribution in [1.29, 1.82) is 0 Å². The lowest BCUT2D eigenvalue weighted by atomic mass is 9.97. The first kappa shape index (κ1) is 11.1. The van der Waals surface area contributed by atoms with Crippen LogP contribution in [0.15, 0.2) is 0 Å². The number of ketones is 1. The molecule has 1 saturated carbocycles. The number of Topliss-reactive ketones (excluding diaryl/α,β-unsaturated/α-hetero) is 1. The standard InChI is InChI=1S/C13H23NO/c15-13-8-4-1-3-7-12(13)11-14-9-5-2-6-10-14/h12H,1-11H2/p+1/t12-/m1/s1. The molecular weight excluding hydrogens is 186 g/mol. The summed E-state index contributed by atoms with van der Waals surface area (Å²) in [6.45, 7) is 3.76. The first-order valence-electron chi connectivity index (χ1n) is 6.72. The van der Waals surface area contributed by atoms with Crippen LogP contribution in [0.3, 0.4) is 0 Å². The molecule has 0 unspecified atom stereocenters. The van der Waals surface area contributed by atoms with Gasteiger partial charge in [-0.25, -0.2) is 0 Å². The van der Waals surface area contributed by atoms with Crippen LogP contribution in [0.1, 0.15) is 51.4 Å². The number of hydrogen-bond donors (Lipinski definition) is 1. The van der Waals surface area contributed by atoms with E-state index in [-0.39, 0.29) is 0 Å². The fourth-order valence-corrected chi connectivity index (χ4v) is 3.05. The Hall–Kier alpha value is -0.370. The van der Waals surface area contributed by atoms with Gasteiger partial charge >= 0.3 is 0 Å². The normalized spacial score (nSPS) is 30.1. The Labute approximate surface area is 93.0 Å². The van der Waals surface area contributed by atoms with Crippen LogP contribution in [0.2, 0.25) is 0 Å². The van der Waals surface area contributed by atoms with Crippen LogP contribution in [-0.2, 0) is 4.79 Å². The Bertz CT molecular complexity index is 209. The van der Waals surface area contributed by atoms with Gasteiger partial charge in [-0.05, 0) is 32.1 Å². The van der Waals surface area contributed by atoms with E-state index in [9.17, 15) is 4.79 Å². The summed E-state index contributed by atoms with van der Waals surface area (Å²) in [6, 6.07) is 0. The van der Waals surface area contributed by atoms with Crippen LogP contribution in [-0.4, -0.2) is 25.4 Å². The smallest absolute Gasteiger partial charge is 0.141 e. The van der Waals surface area contributed by atoms with Crippen molar-refractivity contribution < 1.29 is 9.69 Å². The van der Waals surface area contributed by atoms with Crippen molar-refractivity contribution in [3.8, 4) is 0 Å². The zero-order valence-electron chi connectivity index (χ0n) is 9.76. The summed E-state index contributed by atoms with van der Waals surface area (Å²) in [5, 5.41) is 0. The predicted octanol–water partition coefficient (Wildman–Crippen LogP) is 1.20. The van der Waals surface area contributed by atoms with E-state index in [2.05, 4.69) is 0 Å². The summed E-state index contributed by atoms with van der Waals surface area (Å²) in [4.78, 5) is 13.6. The number of piperidine rings is 1. The summed E-state index contributed by atoms with van der Waals surface area (Å²) < 4.78 is 0. The van der Waals surface area contributed by atoms with Crippen LogP contribution in [0, 0.1) is 5.92 Å². The molecule has 1 atom stereocenters. The van der Waals surface area contributed by atoms with Crippen LogP contribution < -0.4 is 4.90 Å². The third-order valence-corrected chi connectivity index (χ3v) is 4.03. The molecule has 15 heavy (non-hydrogen) atoms. The minimum atomic E-state index is 0.403. The van der Waals surface area contributed by atoms with Crippen molar-refractivity contribution in [2.24, 2.45) is 5.92 Å². The van der Waals surface area contributed by atoms with Gasteiger partial charge in [0.05, 0.1) is 25.6 Å². The molecule has 0 aromatic carbocycles. The molecule has 1 saturated heterocycles. The molecule has 2 rings (SSSR count). The molecule has 86 valence electrons. The van der Waals surface area contributed by atoms with Gasteiger partial charge in [0.2, 0.25) is 0 Å². The molecule has 0 aromatic rings. The zero-order valence-corrected chi connectivity index (χ0v) is 9.76. The molecule has 0 amide bonds. The van der Waals surface area contributed by atoms with Gasteiger partial charge < -0.3 is 4.90 Å². The maximum Gasteiger partial charge on any atom is 0.141 e. The average Bonchev–Trinajstić information content (AvgIpc) is 2.46. The van der Waals surface area contributed by atoms with Gasteiger partial charge in [0.25, 0.3) is 0 Å². The van der Waals surface area contributed by atoms with Gasteiger partial charge in [-0.3, -0.25) is 4.79 Å². The summed E-state index contributed by atoms with van der Waals surface area (Å²) in [5.74, 6) is 0.964. The third-order valence-electron chi connectivity index (χ3n) is 4.03. The molecule has 1 aliphatic heterocycles. The first-order chi connectivity index (χ1) is 7.36. The molecular formula is C13H24NO+. The molecule has 1 N–H and O–H groups in total. The number of hydrogen-bond acceptors (Lipinski definition) is 1. The molecule has 2 nitrogen and oxygen atoms in total. The fourth-order valence-electron chi connectivity index (χ4n) is 3.05. The lowest BCUT2D eigenvalue weighted by Gasteiger charge is -2.26. The Morgan fingerprint density at radius 1 is 1.00 bits per heavy atom. The van der Waals surface area contributed by atoms with E-state index >= 15 is 0 Å². The van der Waals surface area contributed by atoms with Crippen LogP contribution in [0.5, 0.6) is 0 Å². The molecule has 2 fully saturated rings. The van der Waals surface area contributed by atoms with Gasteiger partial charge in [0.1, 0.15) is 5.78 Å².